The molecule has 1 atom stereocenters. The van der Waals surface area contributed by atoms with E-state index in [1.54, 1.807) is 18.2 Å². The molecule has 9 heteroatoms. The van der Waals surface area contributed by atoms with Gasteiger partial charge in [0.05, 0.1) is 22.6 Å². The van der Waals surface area contributed by atoms with Crippen LogP contribution in [0.5, 0.6) is 17.2 Å². The number of carbonyl (C=O) groups excluding carboxylic acids is 1. The van der Waals surface area contributed by atoms with E-state index in [4.69, 9.17) is 10.00 Å². The van der Waals surface area contributed by atoms with Gasteiger partial charge in [0, 0.05) is 12.1 Å². The fraction of sp³-hybridized carbons (Fsp3) is 0.227. The Hall–Kier alpha value is -3.35. The number of nitrogens with zero attached hydrogens (tertiary/aromatic N) is 2. The van der Waals surface area contributed by atoms with Crippen molar-refractivity contribution >= 4 is 28.9 Å². The molecular weight excluding hydrogens is 419 g/mol. The molecule has 0 aromatic heterocycles. The molecule has 7 nitrogen and oxygen atoms in total. The van der Waals surface area contributed by atoms with Gasteiger partial charge < -0.3 is 20.5 Å². The normalized spacial score (nSPS) is 20.8. The number of halogens is 1. The standard InChI is InChI=1S/C22H19FN4O3S/c23-10-15-7-14(11-24)2-3-18(15)30-19-4-1-13(8-17(19)28)9-20-21(29)27-22(31-20)26-16-5-6-25-12-16/h1-4,7-9,16,25,28H,5-6,10,12H2,(H,26,27,29)/b20-9-. The molecule has 0 saturated carbocycles. The lowest BCUT2D eigenvalue weighted by Gasteiger charge is -2.11. The van der Waals surface area contributed by atoms with Gasteiger partial charge in [0.2, 0.25) is 0 Å². The van der Waals surface area contributed by atoms with E-state index in [1.165, 1.54) is 36.0 Å². The van der Waals surface area contributed by atoms with Crippen LogP contribution in [0, 0.1) is 11.3 Å². The minimum absolute atomic E-state index is 0.140. The number of ether oxygens (including phenoxy) is 1. The highest BCUT2D eigenvalue weighted by atomic mass is 32.2. The van der Waals surface area contributed by atoms with E-state index in [2.05, 4.69) is 15.6 Å². The summed E-state index contributed by atoms with van der Waals surface area (Å²) in [6.45, 7) is 0.923. The molecule has 1 unspecified atom stereocenters. The monoisotopic (exact) mass is 438 g/mol. The van der Waals surface area contributed by atoms with Gasteiger partial charge in [-0.05, 0) is 66.7 Å². The highest BCUT2D eigenvalue weighted by Gasteiger charge is 2.25. The molecule has 0 radical (unpaired) electrons. The molecule has 0 aliphatic carbocycles. The molecule has 2 aromatic rings. The summed E-state index contributed by atoms with van der Waals surface area (Å²) in [6, 6.07) is 11.2. The van der Waals surface area contributed by atoms with Gasteiger partial charge in [-0.1, -0.05) is 6.07 Å². The van der Waals surface area contributed by atoms with Crippen molar-refractivity contribution in [1.82, 2.24) is 10.6 Å². The smallest absolute Gasteiger partial charge is 0.264 e. The Kier molecular flexibility index (Phi) is 6.21. The van der Waals surface area contributed by atoms with Crippen molar-refractivity contribution in [3.63, 3.8) is 0 Å². The predicted molar refractivity (Wildman–Crippen MR) is 117 cm³/mol. The van der Waals surface area contributed by atoms with E-state index in [0.717, 1.165) is 19.5 Å². The maximum atomic E-state index is 13.3. The van der Waals surface area contributed by atoms with Crippen molar-refractivity contribution in [3.8, 4) is 23.3 Å². The largest absolute Gasteiger partial charge is 0.504 e. The van der Waals surface area contributed by atoms with Crippen molar-refractivity contribution in [1.29, 1.82) is 5.26 Å². The van der Waals surface area contributed by atoms with Crippen LogP contribution in [0.4, 0.5) is 4.39 Å². The van der Waals surface area contributed by atoms with Crippen molar-refractivity contribution in [2.45, 2.75) is 19.1 Å². The first-order valence-electron chi connectivity index (χ1n) is 9.65. The van der Waals surface area contributed by atoms with E-state index in [9.17, 15) is 14.3 Å². The number of rotatable bonds is 5. The van der Waals surface area contributed by atoms with E-state index >= 15 is 0 Å². The highest BCUT2D eigenvalue weighted by molar-refractivity contribution is 8.18. The Bertz CT molecular complexity index is 1120. The first-order valence-corrected chi connectivity index (χ1v) is 10.5. The summed E-state index contributed by atoms with van der Waals surface area (Å²) in [6.07, 6.45) is 2.60. The summed E-state index contributed by atoms with van der Waals surface area (Å²) in [7, 11) is 0. The third kappa shape index (κ3) is 4.87. The van der Waals surface area contributed by atoms with Crippen LogP contribution < -0.4 is 15.4 Å². The molecular formula is C22H19FN4O3S. The SMILES string of the molecule is N#Cc1ccc(Oc2ccc(/C=C3\SC(=NC4CCNC4)NC3=O)cc2O)c(CF)c1. The Morgan fingerprint density at radius 1 is 1.32 bits per heavy atom. The van der Waals surface area contributed by atoms with Crippen molar-refractivity contribution < 1.29 is 19.0 Å². The average Bonchev–Trinajstić information content (AvgIpc) is 3.40. The van der Waals surface area contributed by atoms with Crippen LogP contribution >= 0.6 is 11.8 Å². The predicted octanol–water partition coefficient (Wildman–Crippen LogP) is 3.45. The zero-order chi connectivity index (χ0) is 21.8. The molecule has 2 aliphatic rings. The van der Waals surface area contributed by atoms with E-state index in [1.807, 2.05) is 6.07 Å². The van der Waals surface area contributed by atoms with Gasteiger partial charge in [-0.15, -0.1) is 0 Å². The number of hydrogen-bond donors (Lipinski definition) is 3. The lowest BCUT2D eigenvalue weighted by atomic mass is 10.1. The van der Waals surface area contributed by atoms with Crippen LogP contribution in [0.1, 0.15) is 23.1 Å². The maximum Gasteiger partial charge on any atom is 0.264 e. The molecule has 4 rings (SSSR count). The van der Waals surface area contributed by atoms with Gasteiger partial charge in [-0.3, -0.25) is 9.79 Å². The number of aromatic hydroxyl groups is 1. The number of amidine groups is 1. The lowest BCUT2D eigenvalue weighted by Crippen LogP contribution is -2.22. The number of benzene rings is 2. The number of nitriles is 1. The molecule has 3 N–H and O–H groups in total. The van der Waals surface area contributed by atoms with Crippen molar-refractivity contribution in [2.75, 3.05) is 13.1 Å². The second-order valence-electron chi connectivity index (χ2n) is 7.04. The fourth-order valence-electron chi connectivity index (χ4n) is 3.24. The zero-order valence-electron chi connectivity index (χ0n) is 16.4. The van der Waals surface area contributed by atoms with Crippen LogP contribution in [0.25, 0.3) is 6.08 Å². The van der Waals surface area contributed by atoms with E-state index in [-0.39, 0.29) is 34.8 Å². The van der Waals surface area contributed by atoms with Gasteiger partial charge in [0.1, 0.15) is 12.4 Å². The first kappa shape index (κ1) is 20.9. The third-order valence-electron chi connectivity index (χ3n) is 4.82. The second kappa shape index (κ2) is 9.20. The van der Waals surface area contributed by atoms with E-state index < -0.39 is 6.67 Å². The molecule has 2 fully saturated rings. The lowest BCUT2D eigenvalue weighted by molar-refractivity contribution is -0.115. The Morgan fingerprint density at radius 3 is 2.87 bits per heavy atom. The molecule has 158 valence electrons. The van der Waals surface area contributed by atoms with Gasteiger partial charge in [-0.2, -0.15) is 5.26 Å². The second-order valence-corrected chi connectivity index (χ2v) is 8.07. The molecule has 2 saturated heterocycles. The Morgan fingerprint density at radius 2 is 2.16 bits per heavy atom. The third-order valence-corrected chi connectivity index (χ3v) is 5.74. The van der Waals surface area contributed by atoms with Crippen LogP contribution in [-0.2, 0) is 11.5 Å². The molecule has 0 bridgehead atoms. The number of alkyl halides is 1. The molecule has 2 aliphatic heterocycles. The topological polar surface area (TPSA) is 107 Å². The van der Waals surface area contributed by atoms with E-state index in [0.29, 0.717) is 21.2 Å². The number of nitrogens with one attached hydrogen (secondary N) is 2. The number of phenolic OH excluding ortho intramolecular Hbond substituents is 1. The minimum atomic E-state index is -0.803. The van der Waals surface area contributed by atoms with Gasteiger partial charge in [0.25, 0.3) is 5.91 Å². The zero-order valence-corrected chi connectivity index (χ0v) is 17.2. The minimum Gasteiger partial charge on any atom is -0.504 e. The Balaban J connectivity index is 1.50. The Labute approximate surface area is 182 Å². The number of thioether (sulfide) groups is 1. The number of carbonyl (C=O) groups is 1. The fourth-order valence-corrected chi connectivity index (χ4v) is 4.13. The van der Waals surface area contributed by atoms with Crippen LogP contribution in [0.15, 0.2) is 46.3 Å². The molecule has 31 heavy (non-hydrogen) atoms. The number of phenols is 1. The van der Waals surface area contributed by atoms with Crippen molar-refractivity contribution in [2.24, 2.45) is 4.99 Å². The van der Waals surface area contributed by atoms with Crippen LogP contribution in [0.2, 0.25) is 0 Å². The summed E-state index contributed by atoms with van der Waals surface area (Å²) in [5, 5.41) is 25.9. The average molecular weight is 438 g/mol. The molecule has 0 spiro atoms. The summed E-state index contributed by atoms with van der Waals surface area (Å²) in [5.41, 5.74) is 1.15. The summed E-state index contributed by atoms with van der Waals surface area (Å²) >= 11 is 1.26. The molecule has 2 aromatic carbocycles. The quantitative estimate of drug-likeness (QED) is 0.618. The van der Waals surface area contributed by atoms with Gasteiger partial charge >= 0.3 is 0 Å². The van der Waals surface area contributed by atoms with Gasteiger partial charge in [-0.25, -0.2) is 4.39 Å². The first-order chi connectivity index (χ1) is 15.1. The number of hydrogen-bond acceptors (Lipinski definition) is 7. The van der Waals surface area contributed by atoms with Crippen molar-refractivity contribution in [3.05, 3.63) is 58.0 Å². The number of amides is 1. The molecule has 2 heterocycles. The summed E-state index contributed by atoms with van der Waals surface area (Å²) in [4.78, 5) is 17.3. The summed E-state index contributed by atoms with van der Waals surface area (Å²) in [5.74, 6) is -0.0329. The summed E-state index contributed by atoms with van der Waals surface area (Å²) < 4.78 is 18.9. The van der Waals surface area contributed by atoms with Crippen LogP contribution in [0.3, 0.4) is 0 Å². The highest BCUT2D eigenvalue weighted by Crippen LogP contribution is 2.35. The molecule has 1 amide bonds. The maximum absolute atomic E-state index is 13.3. The number of aliphatic imine (C=N–C) groups is 1. The van der Waals surface area contributed by atoms with Gasteiger partial charge in [0.15, 0.2) is 16.7 Å². The van der Waals surface area contributed by atoms with Crippen LogP contribution in [-0.4, -0.2) is 35.3 Å².